The van der Waals surface area contributed by atoms with Crippen molar-refractivity contribution in [2.75, 3.05) is 25.0 Å². The summed E-state index contributed by atoms with van der Waals surface area (Å²) < 4.78 is 5.25. The standard InChI is InChI=1S/C16H19N5O3/c22-14-9-12(10-21(14)11-13-3-1-8-24-13)15(23)17-6-7-20-16-18-4-2-5-19-16/h1-5,8,12H,6-7,9-11H2,(H,17,23)(H,18,19,20)/t12-/m1/s1. The average molecular weight is 329 g/mol. The highest BCUT2D eigenvalue weighted by Crippen LogP contribution is 2.20. The van der Waals surface area contributed by atoms with Crippen molar-refractivity contribution >= 4 is 17.8 Å². The van der Waals surface area contributed by atoms with Crippen LogP contribution in [0.15, 0.2) is 41.3 Å². The van der Waals surface area contributed by atoms with E-state index in [0.29, 0.717) is 32.1 Å². The molecular formula is C16H19N5O3. The van der Waals surface area contributed by atoms with Crippen molar-refractivity contribution in [1.29, 1.82) is 0 Å². The summed E-state index contributed by atoms with van der Waals surface area (Å²) in [5.74, 6) is 0.785. The second-order valence-electron chi connectivity index (χ2n) is 5.54. The van der Waals surface area contributed by atoms with Gasteiger partial charge in [0.15, 0.2) is 0 Å². The highest BCUT2D eigenvalue weighted by molar-refractivity contribution is 5.89. The van der Waals surface area contributed by atoms with Crippen LogP contribution in [0.2, 0.25) is 0 Å². The van der Waals surface area contributed by atoms with Crippen LogP contribution in [0.5, 0.6) is 0 Å². The number of amides is 2. The number of anilines is 1. The monoisotopic (exact) mass is 329 g/mol. The van der Waals surface area contributed by atoms with Crippen LogP contribution in [0.4, 0.5) is 5.95 Å². The smallest absolute Gasteiger partial charge is 0.225 e. The van der Waals surface area contributed by atoms with E-state index in [4.69, 9.17) is 4.42 Å². The Morgan fingerprint density at radius 3 is 2.88 bits per heavy atom. The Balaban J connectivity index is 1.40. The fourth-order valence-electron chi connectivity index (χ4n) is 2.59. The van der Waals surface area contributed by atoms with Gasteiger partial charge in [-0.05, 0) is 18.2 Å². The summed E-state index contributed by atoms with van der Waals surface area (Å²) >= 11 is 0. The van der Waals surface area contributed by atoms with Gasteiger partial charge in [0.05, 0.1) is 18.7 Å². The highest BCUT2D eigenvalue weighted by Gasteiger charge is 2.34. The molecular weight excluding hydrogens is 310 g/mol. The summed E-state index contributed by atoms with van der Waals surface area (Å²) in [6, 6.07) is 5.33. The maximum Gasteiger partial charge on any atom is 0.225 e. The zero-order valence-corrected chi connectivity index (χ0v) is 13.1. The van der Waals surface area contributed by atoms with E-state index < -0.39 is 0 Å². The molecule has 1 atom stereocenters. The Kier molecular flexibility index (Phi) is 5.05. The maximum atomic E-state index is 12.2. The van der Waals surface area contributed by atoms with Gasteiger partial charge in [-0.15, -0.1) is 0 Å². The van der Waals surface area contributed by atoms with Gasteiger partial charge in [0.2, 0.25) is 17.8 Å². The highest BCUT2D eigenvalue weighted by atomic mass is 16.3. The molecule has 2 amide bonds. The zero-order chi connectivity index (χ0) is 16.8. The number of furan rings is 1. The lowest BCUT2D eigenvalue weighted by molar-refractivity contribution is -0.129. The molecule has 1 aliphatic heterocycles. The molecule has 3 rings (SSSR count). The van der Waals surface area contributed by atoms with E-state index in [2.05, 4.69) is 20.6 Å². The van der Waals surface area contributed by atoms with Gasteiger partial charge in [-0.1, -0.05) is 0 Å². The van der Waals surface area contributed by atoms with Crippen molar-refractivity contribution in [2.24, 2.45) is 5.92 Å². The number of aromatic nitrogens is 2. The number of likely N-dealkylation sites (tertiary alicyclic amines) is 1. The SMILES string of the molecule is O=C(NCCNc1ncccn1)[C@@H]1CC(=O)N(Cc2ccco2)C1. The number of carbonyl (C=O) groups excluding carboxylic acids is 2. The third-order valence-electron chi connectivity index (χ3n) is 3.79. The van der Waals surface area contributed by atoms with Crippen molar-refractivity contribution in [1.82, 2.24) is 20.2 Å². The van der Waals surface area contributed by atoms with Crippen molar-refractivity contribution in [3.63, 3.8) is 0 Å². The van der Waals surface area contributed by atoms with Crippen molar-refractivity contribution in [3.8, 4) is 0 Å². The van der Waals surface area contributed by atoms with Gasteiger partial charge in [-0.2, -0.15) is 0 Å². The molecule has 0 bridgehead atoms. The molecule has 0 saturated carbocycles. The lowest BCUT2D eigenvalue weighted by atomic mass is 10.1. The van der Waals surface area contributed by atoms with E-state index in [1.54, 1.807) is 35.7 Å². The maximum absolute atomic E-state index is 12.2. The summed E-state index contributed by atoms with van der Waals surface area (Å²) in [7, 11) is 0. The van der Waals surface area contributed by atoms with E-state index in [1.165, 1.54) is 0 Å². The first-order valence-electron chi connectivity index (χ1n) is 7.81. The van der Waals surface area contributed by atoms with Crippen LogP contribution in [0.1, 0.15) is 12.2 Å². The molecule has 0 aromatic carbocycles. The molecule has 8 heteroatoms. The van der Waals surface area contributed by atoms with E-state index in [9.17, 15) is 9.59 Å². The van der Waals surface area contributed by atoms with E-state index in [-0.39, 0.29) is 24.2 Å². The molecule has 1 saturated heterocycles. The first kappa shape index (κ1) is 16.0. The van der Waals surface area contributed by atoms with Crippen LogP contribution >= 0.6 is 0 Å². The Bertz CT molecular complexity index is 674. The number of carbonyl (C=O) groups is 2. The molecule has 0 unspecified atom stereocenters. The van der Waals surface area contributed by atoms with Crippen molar-refractivity contribution in [3.05, 3.63) is 42.6 Å². The normalized spacial score (nSPS) is 17.1. The fraction of sp³-hybridized carbons (Fsp3) is 0.375. The number of rotatable bonds is 7. The van der Waals surface area contributed by atoms with Gasteiger partial charge in [0.25, 0.3) is 0 Å². The summed E-state index contributed by atoms with van der Waals surface area (Å²) in [4.78, 5) is 33.9. The van der Waals surface area contributed by atoms with Crippen LogP contribution in [-0.2, 0) is 16.1 Å². The predicted octanol–water partition coefficient (Wildman–Crippen LogP) is 0.646. The molecule has 24 heavy (non-hydrogen) atoms. The number of nitrogens with one attached hydrogen (secondary N) is 2. The third-order valence-corrected chi connectivity index (χ3v) is 3.79. The van der Waals surface area contributed by atoms with Crippen LogP contribution in [0, 0.1) is 5.92 Å². The molecule has 2 aromatic rings. The Morgan fingerprint density at radius 1 is 1.29 bits per heavy atom. The first-order valence-corrected chi connectivity index (χ1v) is 7.81. The molecule has 2 N–H and O–H groups in total. The molecule has 2 aromatic heterocycles. The minimum absolute atomic E-state index is 0.0256. The van der Waals surface area contributed by atoms with Gasteiger partial charge in [0, 0.05) is 38.4 Å². The molecule has 126 valence electrons. The third kappa shape index (κ3) is 4.09. The molecule has 8 nitrogen and oxygen atoms in total. The van der Waals surface area contributed by atoms with Crippen LogP contribution in [0.25, 0.3) is 0 Å². The molecule has 0 aliphatic carbocycles. The number of hydrogen-bond acceptors (Lipinski definition) is 6. The van der Waals surface area contributed by atoms with Crippen LogP contribution in [-0.4, -0.2) is 46.3 Å². The van der Waals surface area contributed by atoms with Crippen molar-refractivity contribution in [2.45, 2.75) is 13.0 Å². The van der Waals surface area contributed by atoms with Gasteiger partial charge >= 0.3 is 0 Å². The average Bonchev–Trinajstić information content (AvgIpc) is 3.23. The number of hydrogen-bond donors (Lipinski definition) is 2. The quantitative estimate of drug-likeness (QED) is 0.723. The molecule has 0 spiro atoms. The second-order valence-corrected chi connectivity index (χ2v) is 5.54. The topological polar surface area (TPSA) is 100 Å². The zero-order valence-electron chi connectivity index (χ0n) is 13.1. The van der Waals surface area contributed by atoms with Gasteiger partial charge < -0.3 is 20.0 Å². The molecule has 0 radical (unpaired) electrons. The van der Waals surface area contributed by atoms with E-state index in [1.807, 2.05) is 6.07 Å². The molecule has 3 heterocycles. The van der Waals surface area contributed by atoms with Crippen LogP contribution in [0.3, 0.4) is 0 Å². The van der Waals surface area contributed by atoms with Crippen molar-refractivity contribution < 1.29 is 14.0 Å². The summed E-state index contributed by atoms with van der Waals surface area (Å²) in [5, 5.41) is 5.85. The minimum Gasteiger partial charge on any atom is -0.467 e. The summed E-state index contributed by atoms with van der Waals surface area (Å²) in [5.41, 5.74) is 0. The van der Waals surface area contributed by atoms with Gasteiger partial charge in [0.1, 0.15) is 5.76 Å². The van der Waals surface area contributed by atoms with Gasteiger partial charge in [-0.25, -0.2) is 9.97 Å². The Hall–Kier alpha value is -2.90. The molecule has 1 aliphatic rings. The lowest BCUT2D eigenvalue weighted by Gasteiger charge is -2.15. The van der Waals surface area contributed by atoms with Gasteiger partial charge in [-0.3, -0.25) is 9.59 Å². The second kappa shape index (κ2) is 7.58. The van der Waals surface area contributed by atoms with E-state index in [0.717, 1.165) is 5.76 Å². The lowest BCUT2D eigenvalue weighted by Crippen LogP contribution is -2.35. The summed E-state index contributed by atoms with van der Waals surface area (Å²) in [6.07, 6.45) is 5.10. The number of nitrogens with zero attached hydrogens (tertiary/aromatic N) is 3. The predicted molar refractivity (Wildman–Crippen MR) is 85.8 cm³/mol. The largest absolute Gasteiger partial charge is 0.467 e. The molecule has 1 fully saturated rings. The van der Waals surface area contributed by atoms with E-state index >= 15 is 0 Å². The first-order chi connectivity index (χ1) is 11.7. The Morgan fingerprint density at radius 2 is 2.12 bits per heavy atom. The fourth-order valence-corrected chi connectivity index (χ4v) is 2.59. The van der Waals surface area contributed by atoms with Crippen LogP contribution < -0.4 is 10.6 Å². The Labute approximate surface area is 139 Å². The minimum atomic E-state index is -0.319. The summed E-state index contributed by atoms with van der Waals surface area (Å²) in [6.45, 7) is 1.79.